The fourth-order valence-corrected chi connectivity index (χ4v) is 3.56. The van der Waals surface area contributed by atoms with Gasteiger partial charge in [-0.15, -0.1) is 0 Å². The molecular formula is C20H17F3N4O. The molecule has 5 nitrogen and oxygen atoms in total. The van der Waals surface area contributed by atoms with Gasteiger partial charge in [-0.2, -0.15) is 18.3 Å². The molecule has 144 valence electrons. The van der Waals surface area contributed by atoms with E-state index >= 15 is 0 Å². The van der Waals surface area contributed by atoms with E-state index in [-0.39, 0.29) is 17.5 Å². The molecule has 1 aliphatic rings. The molecule has 3 aromatic rings. The minimum absolute atomic E-state index is 0.0823. The number of fused-ring (bicyclic) bond motifs is 1. The molecule has 8 heteroatoms. The van der Waals surface area contributed by atoms with Gasteiger partial charge in [0.2, 0.25) is 0 Å². The van der Waals surface area contributed by atoms with Crippen molar-refractivity contribution in [1.29, 1.82) is 0 Å². The number of halogens is 3. The lowest BCUT2D eigenvalue weighted by atomic mass is 10.0. The molecular weight excluding hydrogens is 369 g/mol. The molecule has 28 heavy (non-hydrogen) atoms. The van der Waals surface area contributed by atoms with Gasteiger partial charge in [0.1, 0.15) is 5.69 Å². The van der Waals surface area contributed by atoms with Crippen LogP contribution in [0.15, 0.2) is 48.9 Å². The van der Waals surface area contributed by atoms with Crippen LogP contribution in [-0.2, 0) is 6.18 Å². The Kier molecular flexibility index (Phi) is 4.21. The van der Waals surface area contributed by atoms with Crippen molar-refractivity contribution in [3.8, 4) is 11.1 Å². The highest BCUT2D eigenvalue weighted by atomic mass is 19.4. The first-order valence-corrected chi connectivity index (χ1v) is 8.75. The zero-order valence-corrected chi connectivity index (χ0v) is 15.2. The Labute approximate surface area is 159 Å². The molecule has 0 saturated carbocycles. The summed E-state index contributed by atoms with van der Waals surface area (Å²) in [4.78, 5) is 18.7. The minimum atomic E-state index is -4.42. The largest absolute Gasteiger partial charge is 0.416 e. The Morgan fingerprint density at radius 1 is 1.14 bits per heavy atom. The zero-order valence-electron chi connectivity index (χ0n) is 15.2. The number of aryl methyl sites for hydroxylation is 1. The number of hydrogen-bond acceptors (Lipinski definition) is 3. The van der Waals surface area contributed by atoms with Crippen LogP contribution in [0.3, 0.4) is 0 Å². The van der Waals surface area contributed by atoms with Crippen LogP contribution < -0.4 is 4.90 Å². The lowest BCUT2D eigenvalue weighted by molar-refractivity contribution is -0.138. The molecule has 0 fully saturated rings. The van der Waals surface area contributed by atoms with Crippen LogP contribution in [0.2, 0.25) is 0 Å². The highest BCUT2D eigenvalue weighted by Gasteiger charge is 2.36. The van der Waals surface area contributed by atoms with Crippen molar-refractivity contribution in [2.45, 2.75) is 26.1 Å². The van der Waals surface area contributed by atoms with E-state index in [1.54, 1.807) is 35.4 Å². The number of hydrogen-bond donors (Lipinski definition) is 0. The molecule has 0 spiro atoms. The predicted octanol–water partition coefficient (Wildman–Crippen LogP) is 4.49. The molecule has 1 aromatic carbocycles. The molecule has 0 bridgehead atoms. The number of anilines is 1. The Bertz CT molecular complexity index is 1040. The van der Waals surface area contributed by atoms with Crippen molar-refractivity contribution in [2.24, 2.45) is 0 Å². The molecule has 0 saturated heterocycles. The molecule has 3 heterocycles. The monoisotopic (exact) mass is 386 g/mol. The second-order valence-corrected chi connectivity index (χ2v) is 6.85. The maximum Gasteiger partial charge on any atom is 0.416 e. The number of carbonyl (C=O) groups excluding carboxylic acids is 1. The van der Waals surface area contributed by atoms with Crippen LogP contribution in [0.5, 0.6) is 0 Å². The van der Waals surface area contributed by atoms with Gasteiger partial charge in [0, 0.05) is 30.2 Å². The Hall–Kier alpha value is -3.16. The topological polar surface area (TPSA) is 51.0 Å². The molecule has 1 aliphatic heterocycles. The molecule has 2 aromatic heterocycles. The van der Waals surface area contributed by atoms with Crippen LogP contribution >= 0.6 is 0 Å². The van der Waals surface area contributed by atoms with Gasteiger partial charge >= 0.3 is 6.18 Å². The van der Waals surface area contributed by atoms with Crippen molar-refractivity contribution in [2.75, 3.05) is 11.4 Å². The number of aromatic nitrogens is 3. The highest BCUT2D eigenvalue weighted by molar-refractivity contribution is 6.09. The first-order chi connectivity index (χ1) is 13.3. The number of amides is 1. The third kappa shape index (κ3) is 2.94. The quantitative estimate of drug-likeness (QED) is 0.652. The fraction of sp³-hybridized carbons (Fsp3) is 0.250. The van der Waals surface area contributed by atoms with Crippen molar-refractivity contribution < 1.29 is 18.0 Å². The number of alkyl halides is 3. The summed E-state index contributed by atoms with van der Waals surface area (Å²) in [6, 6.07) is 7.24. The molecule has 1 atom stereocenters. The molecule has 4 rings (SSSR count). The van der Waals surface area contributed by atoms with Gasteiger partial charge in [-0.05, 0) is 55.3 Å². The summed E-state index contributed by atoms with van der Waals surface area (Å²) in [5, 5.41) is 4.36. The summed E-state index contributed by atoms with van der Waals surface area (Å²) in [6.45, 7) is 3.65. The Morgan fingerprint density at radius 2 is 1.86 bits per heavy atom. The van der Waals surface area contributed by atoms with E-state index < -0.39 is 11.7 Å². The van der Waals surface area contributed by atoms with Crippen LogP contribution in [0.4, 0.5) is 18.9 Å². The smallest absolute Gasteiger partial charge is 0.305 e. The second kappa shape index (κ2) is 6.47. The van der Waals surface area contributed by atoms with Gasteiger partial charge in [0.05, 0.1) is 17.8 Å². The summed E-state index contributed by atoms with van der Waals surface area (Å²) in [5.74, 6) is -0.290. The fourth-order valence-electron chi connectivity index (χ4n) is 3.56. The molecule has 1 amide bonds. The third-order valence-corrected chi connectivity index (χ3v) is 4.93. The average Bonchev–Trinajstić information content (AvgIpc) is 3.10. The molecule has 0 unspecified atom stereocenters. The van der Waals surface area contributed by atoms with Crippen molar-refractivity contribution in [3.05, 3.63) is 65.7 Å². The summed E-state index contributed by atoms with van der Waals surface area (Å²) in [6.07, 6.45) is 0.482. The van der Waals surface area contributed by atoms with Gasteiger partial charge in [-0.1, -0.05) is 0 Å². The Morgan fingerprint density at radius 3 is 2.50 bits per heavy atom. The van der Waals surface area contributed by atoms with E-state index in [0.29, 0.717) is 23.5 Å². The predicted molar refractivity (Wildman–Crippen MR) is 98.0 cm³/mol. The highest BCUT2D eigenvalue weighted by Crippen LogP contribution is 2.36. The van der Waals surface area contributed by atoms with Gasteiger partial charge in [0.15, 0.2) is 0 Å². The SMILES string of the molecule is Cc1cc(N2C[C@H](C)n3ncc(-c4ccncc4)c3C2=O)ccc1C(F)(F)F. The number of pyridine rings is 1. The van der Waals surface area contributed by atoms with E-state index in [1.807, 2.05) is 6.92 Å². The first-order valence-electron chi connectivity index (χ1n) is 8.75. The molecule has 0 radical (unpaired) electrons. The van der Waals surface area contributed by atoms with E-state index in [9.17, 15) is 18.0 Å². The summed E-state index contributed by atoms with van der Waals surface area (Å²) in [7, 11) is 0. The van der Waals surface area contributed by atoms with E-state index in [1.165, 1.54) is 24.0 Å². The summed E-state index contributed by atoms with van der Waals surface area (Å²) < 4.78 is 40.9. The van der Waals surface area contributed by atoms with Crippen molar-refractivity contribution in [3.63, 3.8) is 0 Å². The second-order valence-electron chi connectivity index (χ2n) is 6.85. The molecule has 0 aliphatic carbocycles. The number of carbonyl (C=O) groups is 1. The third-order valence-electron chi connectivity index (χ3n) is 4.93. The van der Waals surface area contributed by atoms with Crippen molar-refractivity contribution in [1.82, 2.24) is 14.8 Å². The number of rotatable bonds is 2. The van der Waals surface area contributed by atoms with Crippen LogP contribution in [0.25, 0.3) is 11.1 Å². The van der Waals surface area contributed by atoms with Crippen LogP contribution in [0, 0.1) is 6.92 Å². The lowest BCUT2D eigenvalue weighted by Gasteiger charge is -2.32. The van der Waals surface area contributed by atoms with E-state index in [0.717, 1.165) is 11.6 Å². The normalized spacial score (nSPS) is 17.0. The standard InChI is InChI=1S/C20H17F3N4O/c1-12-9-15(3-4-17(12)20(21,22)23)26-11-13(2)27-18(19(26)28)16(10-25-27)14-5-7-24-8-6-14/h3-10,13H,11H2,1-2H3/t13-/m0/s1. The van der Waals surface area contributed by atoms with Gasteiger partial charge < -0.3 is 4.90 Å². The van der Waals surface area contributed by atoms with Crippen LogP contribution in [0.1, 0.15) is 34.6 Å². The molecule has 0 N–H and O–H groups in total. The summed E-state index contributed by atoms with van der Waals surface area (Å²) in [5.41, 5.74) is 1.72. The van der Waals surface area contributed by atoms with Crippen molar-refractivity contribution >= 4 is 11.6 Å². The van der Waals surface area contributed by atoms with Gasteiger partial charge in [0.25, 0.3) is 5.91 Å². The minimum Gasteiger partial charge on any atom is -0.305 e. The van der Waals surface area contributed by atoms with Gasteiger partial charge in [-0.3, -0.25) is 14.5 Å². The number of benzene rings is 1. The number of nitrogens with zero attached hydrogens (tertiary/aromatic N) is 4. The van der Waals surface area contributed by atoms with E-state index in [2.05, 4.69) is 10.1 Å². The maximum absolute atomic E-state index is 13.2. The van der Waals surface area contributed by atoms with Crippen LogP contribution in [-0.4, -0.2) is 27.2 Å². The Balaban J connectivity index is 1.77. The van der Waals surface area contributed by atoms with Gasteiger partial charge in [-0.25, -0.2) is 0 Å². The lowest BCUT2D eigenvalue weighted by Crippen LogP contribution is -2.42. The maximum atomic E-state index is 13.2. The first kappa shape index (κ1) is 18.2. The van der Waals surface area contributed by atoms with E-state index in [4.69, 9.17) is 0 Å². The summed E-state index contributed by atoms with van der Waals surface area (Å²) >= 11 is 0. The zero-order chi connectivity index (χ0) is 20.1. The average molecular weight is 386 g/mol.